The Morgan fingerprint density at radius 2 is 1.83 bits per heavy atom. The van der Waals surface area contributed by atoms with Crippen LogP contribution in [0.15, 0.2) is 0 Å². The van der Waals surface area contributed by atoms with Crippen molar-refractivity contribution in [3.8, 4) is 0 Å². The van der Waals surface area contributed by atoms with Crippen molar-refractivity contribution in [2.75, 3.05) is 46.5 Å². The third-order valence-electron chi connectivity index (χ3n) is 2.33. The monoisotopic (exact) mass is 176 g/mol. The fraction of sp³-hybridized carbons (Fsp3) is 1.00. The summed E-state index contributed by atoms with van der Waals surface area (Å²) in [6.45, 7) is 3.47. The molecule has 0 aromatic carbocycles. The number of aliphatic hydroxyl groups excluding tert-OH is 2. The van der Waals surface area contributed by atoms with Crippen LogP contribution in [-0.4, -0.2) is 67.3 Å². The van der Waals surface area contributed by atoms with Crippen molar-refractivity contribution in [1.29, 1.82) is 0 Å². The highest BCUT2D eigenvalue weighted by atomic mass is 16.6. The lowest BCUT2D eigenvalue weighted by molar-refractivity contribution is -0.910. The first-order valence-electron chi connectivity index (χ1n) is 4.37. The molecule has 0 radical (unpaired) electrons. The van der Waals surface area contributed by atoms with E-state index in [1.807, 2.05) is 7.05 Å². The van der Waals surface area contributed by atoms with Gasteiger partial charge >= 0.3 is 0 Å². The molecule has 72 valence electrons. The average Bonchev–Trinajstić information content (AvgIpc) is 2.72. The Morgan fingerprint density at radius 3 is 2.17 bits per heavy atom. The number of aliphatic hydroxyl groups is 2. The summed E-state index contributed by atoms with van der Waals surface area (Å²) in [5, 5.41) is 17.6. The topological polar surface area (TPSA) is 53.0 Å². The third kappa shape index (κ3) is 3.06. The summed E-state index contributed by atoms with van der Waals surface area (Å²) in [4.78, 5) is 0. The van der Waals surface area contributed by atoms with Gasteiger partial charge in [-0.05, 0) is 0 Å². The summed E-state index contributed by atoms with van der Waals surface area (Å²) in [6, 6.07) is 0. The predicted molar refractivity (Wildman–Crippen MR) is 44.7 cm³/mol. The molecule has 12 heavy (non-hydrogen) atoms. The van der Waals surface area contributed by atoms with Gasteiger partial charge in [-0.25, -0.2) is 0 Å². The van der Waals surface area contributed by atoms with Gasteiger partial charge in [-0.1, -0.05) is 0 Å². The quantitative estimate of drug-likeness (QED) is 0.395. The van der Waals surface area contributed by atoms with Crippen molar-refractivity contribution in [2.45, 2.75) is 6.10 Å². The minimum atomic E-state index is 0.170. The number of nitrogens with zero attached hydrogens (tertiary/aromatic N) is 1. The standard InChI is InChI=1S/C8H18NO3/c1-9(2-4-10,3-5-11)6-8-7-12-8/h8,10-11H,2-7H2,1H3/q+1. The Kier molecular flexibility index (Phi) is 3.46. The van der Waals surface area contributed by atoms with Gasteiger partial charge in [-0.2, -0.15) is 0 Å². The largest absolute Gasteiger partial charge is 0.391 e. The molecule has 0 spiro atoms. The fourth-order valence-corrected chi connectivity index (χ4v) is 1.44. The Morgan fingerprint density at radius 1 is 1.33 bits per heavy atom. The Labute approximate surface area is 73.0 Å². The van der Waals surface area contributed by atoms with Gasteiger partial charge in [0.2, 0.25) is 0 Å². The normalized spacial score (nSPS) is 22.8. The zero-order chi connectivity index (χ0) is 9.03. The lowest BCUT2D eigenvalue weighted by atomic mass is 10.3. The molecule has 1 heterocycles. The fourth-order valence-electron chi connectivity index (χ4n) is 1.44. The summed E-state index contributed by atoms with van der Waals surface area (Å²) >= 11 is 0. The third-order valence-corrected chi connectivity index (χ3v) is 2.33. The number of likely N-dealkylation sites (N-methyl/N-ethyl adjacent to an activating group) is 1. The van der Waals surface area contributed by atoms with Crippen LogP contribution in [0, 0.1) is 0 Å². The van der Waals surface area contributed by atoms with Crippen LogP contribution in [0.3, 0.4) is 0 Å². The first-order valence-corrected chi connectivity index (χ1v) is 4.37. The second-order valence-electron chi connectivity index (χ2n) is 3.65. The van der Waals surface area contributed by atoms with Crippen molar-refractivity contribution < 1.29 is 19.4 Å². The van der Waals surface area contributed by atoms with Crippen molar-refractivity contribution in [1.82, 2.24) is 0 Å². The van der Waals surface area contributed by atoms with Gasteiger partial charge in [-0.3, -0.25) is 0 Å². The van der Waals surface area contributed by atoms with Gasteiger partial charge < -0.3 is 19.4 Å². The smallest absolute Gasteiger partial charge is 0.130 e. The van der Waals surface area contributed by atoms with E-state index < -0.39 is 0 Å². The van der Waals surface area contributed by atoms with Crippen LogP contribution in [0.4, 0.5) is 0 Å². The zero-order valence-electron chi connectivity index (χ0n) is 7.57. The Balaban J connectivity index is 2.32. The lowest BCUT2D eigenvalue weighted by Crippen LogP contribution is -2.50. The minimum absolute atomic E-state index is 0.170. The van der Waals surface area contributed by atoms with Crippen LogP contribution in [0.25, 0.3) is 0 Å². The highest BCUT2D eigenvalue weighted by Gasteiger charge is 2.33. The molecular formula is C8H18NO3+. The summed E-state index contributed by atoms with van der Waals surface area (Å²) in [5.74, 6) is 0. The molecule has 0 bridgehead atoms. The number of hydrogen-bond donors (Lipinski definition) is 2. The summed E-state index contributed by atoms with van der Waals surface area (Å²) < 4.78 is 5.82. The highest BCUT2D eigenvalue weighted by Crippen LogP contribution is 2.14. The lowest BCUT2D eigenvalue weighted by Gasteiger charge is -2.32. The summed E-state index contributed by atoms with van der Waals surface area (Å²) in [7, 11) is 2.04. The number of rotatable bonds is 6. The van der Waals surface area contributed by atoms with Gasteiger partial charge in [0.05, 0.1) is 26.9 Å². The molecule has 0 amide bonds. The predicted octanol–water partition coefficient (Wildman–Crippen LogP) is -1.18. The van der Waals surface area contributed by atoms with Crippen molar-refractivity contribution >= 4 is 0 Å². The Hall–Kier alpha value is -0.160. The first-order chi connectivity index (χ1) is 5.70. The number of hydrogen-bond acceptors (Lipinski definition) is 3. The molecule has 0 aliphatic carbocycles. The van der Waals surface area contributed by atoms with Crippen LogP contribution in [-0.2, 0) is 4.74 Å². The van der Waals surface area contributed by atoms with E-state index in [0.717, 1.165) is 13.2 Å². The summed E-state index contributed by atoms with van der Waals surface area (Å²) in [6.07, 6.45) is 0.355. The van der Waals surface area contributed by atoms with E-state index in [1.54, 1.807) is 0 Å². The maximum atomic E-state index is 8.82. The number of epoxide rings is 1. The number of ether oxygens (including phenoxy) is 1. The molecule has 1 saturated heterocycles. The molecule has 4 nitrogen and oxygen atoms in total. The second-order valence-corrected chi connectivity index (χ2v) is 3.65. The van der Waals surface area contributed by atoms with E-state index in [9.17, 15) is 0 Å². The molecule has 2 N–H and O–H groups in total. The average molecular weight is 176 g/mol. The zero-order valence-corrected chi connectivity index (χ0v) is 7.57. The van der Waals surface area contributed by atoms with Gasteiger partial charge in [0.15, 0.2) is 0 Å². The van der Waals surface area contributed by atoms with Crippen LogP contribution in [0.1, 0.15) is 0 Å². The van der Waals surface area contributed by atoms with Crippen LogP contribution >= 0.6 is 0 Å². The van der Waals surface area contributed by atoms with E-state index in [1.165, 1.54) is 0 Å². The molecule has 4 heteroatoms. The van der Waals surface area contributed by atoms with Gasteiger partial charge in [0, 0.05) is 0 Å². The van der Waals surface area contributed by atoms with E-state index in [0.29, 0.717) is 23.7 Å². The molecule has 1 rings (SSSR count). The van der Waals surface area contributed by atoms with Crippen molar-refractivity contribution in [3.63, 3.8) is 0 Å². The summed E-state index contributed by atoms with van der Waals surface area (Å²) in [5.41, 5.74) is 0. The minimum Gasteiger partial charge on any atom is -0.391 e. The Bertz CT molecular complexity index is 130. The van der Waals surface area contributed by atoms with E-state index in [2.05, 4.69) is 0 Å². The SMILES string of the molecule is C[N+](CCO)(CCO)CC1CO1. The van der Waals surface area contributed by atoms with Crippen LogP contribution < -0.4 is 0 Å². The first kappa shape index (κ1) is 9.92. The van der Waals surface area contributed by atoms with E-state index in [-0.39, 0.29) is 13.2 Å². The highest BCUT2D eigenvalue weighted by molar-refractivity contribution is 4.68. The van der Waals surface area contributed by atoms with E-state index in [4.69, 9.17) is 14.9 Å². The molecule has 0 aromatic heterocycles. The maximum absolute atomic E-state index is 8.82. The molecule has 0 aromatic rings. The number of quaternary nitrogens is 1. The van der Waals surface area contributed by atoms with Crippen LogP contribution in [0.2, 0.25) is 0 Å². The molecule has 1 aliphatic rings. The van der Waals surface area contributed by atoms with Crippen LogP contribution in [0.5, 0.6) is 0 Å². The molecular weight excluding hydrogens is 158 g/mol. The van der Waals surface area contributed by atoms with E-state index >= 15 is 0 Å². The van der Waals surface area contributed by atoms with Crippen molar-refractivity contribution in [2.24, 2.45) is 0 Å². The second kappa shape index (κ2) is 4.18. The maximum Gasteiger partial charge on any atom is 0.130 e. The molecule has 1 aliphatic heterocycles. The molecule has 0 saturated carbocycles. The van der Waals surface area contributed by atoms with Gasteiger partial charge in [0.1, 0.15) is 25.7 Å². The van der Waals surface area contributed by atoms with Crippen molar-refractivity contribution in [3.05, 3.63) is 0 Å². The molecule has 1 unspecified atom stereocenters. The molecule has 1 fully saturated rings. The molecule has 1 atom stereocenters. The van der Waals surface area contributed by atoms with Gasteiger partial charge in [-0.15, -0.1) is 0 Å². The van der Waals surface area contributed by atoms with Gasteiger partial charge in [0.25, 0.3) is 0 Å².